The first-order valence-electron chi connectivity index (χ1n) is 8.38. The number of hydrogen-bond acceptors (Lipinski definition) is 5. The lowest BCUT2D eigenvalue weighted by molar-refractivity contribution is -0.115. The van der Waals surface area contributed by atoms with Crippen molar-refractivity contribution in [1.82, 2.24) is 4.98 Å². The Morgan fingerprint density at radius 1 is 1.32 bits per heavy atom. The van der Waals surface area contributed by atoms with Crippen LogP contribution in [0.25, 0.3) is 0 Å². The smallest absolute Gasteiger partial charge is 0.228 e. The van der Waals surface area contributed by atoms with Crippen LogP contribution in [0.2, 0.25) is 0 Å². The van der Waals surface area contributed by atoms with Gasteiger partial charge < -0.3 is 15.0 Å². The Kier molecular flexibility index (Phi) is 5.81. The number of carbonyl (C=O) groups is 1. The Bertz CT molecular complexity index is 745. The molecule has 1 N–H and O–H groups in total. The van der Waals surface area contributed by atoms with E-state index >= 15 is 0 Å². The molecule has 25 heavy (non-hydrogen) atoms. The predicted octanol–water partition coefficient (Wildman–Crippen LogP) is 3.13. The lowest BCUT2D eigenvalue weighted by Gasteiger charge is -2.29. The van der Waals surface area contributed by atoms with Crippen LogP contribution in [0.5, 0.6) is 5.75 Å². The summed E-state index contributed by atoms with van der Waals surface area (Å²) in [5, 5.41) is 3.02. The largest absolute Gasteiger partial charge is 0.496 e. The Morgan fingerprint density at radius 3 is 2.88 bits per heavy atom. The molecule has 0 unspecified atom stereocenters. The van der Waals surface area contributed by atoms with E-state index in [1.165, 1.54) is 0 Å². The molecule has 1 aromatic heterocycles. The molecular formula is C19H23N3O2S. The number of anilines is 2. The molecule has 0 bridgehead atoms. The maximum atomic E-state index is 12.5. The summed E-state index contributed by atoms with van der Waals surface area (Å²) >= 11 is 1.95. The van der Waals surface area contributed by atoms with E-state index in [2.05, 4.69) is 15.2 Å². The van der Waals surface area contributed by atoms with E-state index in [-0.39, 0.29) is 5.91 Å². The first-order chi connectivity index (χ1) is 12.2. The molecule has 3 rings (SSSR count). The van der Waals surface area contributed by atoms with Gasteiger partial charge in [-0.3, -0.25) is 4.79 Å². The van der Waals surface area contributed by atoms with Crippen molar-refractivity contribution in [3.05, 3.63) is 47.7 Å². The van der Waals surface area contributed by atoms with Crippen molar-refractivity contribution in [1.29, 1.82) is 0 Å². The zero-order chi connectivity index (χ0) is 17.6. The highest BCUT2D eigenvalue weighted by Crippen LogP contribution is 2.26. The number of nitrogens with one attached hydrogen (secondary N) is 1. The van der Waals surface area contributed by atoms with Gasteiger partial charge in [0.1, 0.15) is 5.75 Å². The number of nitrogens with zero attached hydrogens (tertiary/aromatic N) is 2. The molecule has 0 spiro atoms. The van der Waals surface area contributed by atoms with Crippen LogP contribution in [0.3, 0.4) is 0 Å². The van der Waals surface area contributed by atoms with E-state index in [4.69, 9.17) is 4.74 Å². The number of rotatable bonds is 5. The lowest BCUT2D eigenvalue weighted by atomic mass is 10.1. The third-order valence-corrected chi connectivity index (χ3v) is 5.15. The molecule has 1 aromatic carbocycles. The predicted molar refractivity (Wildman–Crippen MR) is 104 cm³/mol. The van der Waals surface area contributed by atoms with Crippen LogP contribution in [-0.2, 0) is 11.2 Å². The molecule has 1 aliphatic heterocycles. The molecule has 0 radical (unpaired) electrons. The molecule has 6 heteroatoms. The van der Waals surface area contributed by atoms with Gasteiger partial charge in [-0.05, 0) is 36.2 Å². The summed E-state index contributed by atoms with van der Waals surface area (Å²) in [5.74, 6) is 3.79. The third-order valence-electron chi connectivity index (χ3n) is 4.21. The van der Waals surface area contributed by atoms with E-state index in [0.717, 1.165) is 53.0 Å². The van der Waals surface area contributed by atoms with Gasteiger partial charge in [-0.15, -0.1) is 0 Å². The fourth-order valence-corrected chi connectivity index (χ4v) is 3.78. The highest BCUT2D eigenvalue weighted by molar-refractivity contribution is 7.99. The normalized spacial score (nSPS) is 14.2. The molecule has 0 saturated carbocycles. The number of aromatic nitrogens is 1. The molecule has 2 aromatic rings. The highest BCUT2D eigenvalue weighted by Gasteiger charge is 2.17. The third kappa shape index (κ3) is 4.45. The van der Waals surface area contributed by atoms with Gasteiger partial charge in [0.05, 0.1) is 19.2 Å². The summed E-state index contributed by atoms with van der Waals surface area (Å²) in [7, 11) is 1.64. The number of hydrogen-bond donors (Lipinski definition) is 1. The van der Waals surface area contributed by atoms with Crippen LogP contribution in [0, 0.1) is 6.92 Å². The van der Waals surface area contributed by atoms with Crippen LogP contribution < -0.4 is 15.0 Å². The molecule has 0 aliphatic carbocycles. The lowest BCUT2D eigenvalue weighted by Crippen LogP contribution is -2.34. The number of ether oxygens (including phenoxy) is 1. The number of carbonyl (C=O) groups excluding carboxylic acids is 1. The van der Waals surface area contributed by atoms with Crippen molar-refractivity contribution in [3.63, 3.8) is 0 Å². The molecule has 132 valence electrons. The van der Waals surface area contributed by atoms with Crippen LogP contribution in [-0.4, -0.2) is 42.6 Å². The maximum Gasteiger partial charge on any atom is 0.228 e. The van der Waals surface area contributed by atoms with Gasteiger partial charge in [0.15, 0.2) is 5.82 Å². The Morgan fingerprint density at radius 2 is 2.12 bits per heavy atom. The van der Waals surface area contributed by atoms with Crippen molar-refractivity contribution in [3.8, 4) is 5.75 Å². The first-order valence-corrected chi connectivity index (χ1v) is 9.54. The number of thioether (sulfide) groups is 1. The van der Waals surface area contributed by atoms with E-state index < -0.39 is 0 Å². The second kappa shape index (κ2) is 8.25. The van der Waals surface area contributed by atoms with Crippen LogP contribution in [0.4, 0.5) is 11.5 Å². The number of aryl methyl sites for hydroxylation is 1. The summed E-state index contributed by atoms with van der Waals surface area (Å²) in [5.41, 5.74) is 2.77. The summed E-state index contributed by atoms with van der Waals surface area (Å²) in [4.78, 5) is 19.2. The van der Waals surface area contributed by atoms with E-state index in [1.54, 1.807) is 13.3 Å². The highest BCUT2D eigenvalue weighted by atomic mass is 32.2. The molecule has 2 heterocycles. The Balaban J connectivity index is 1.71. The van der Waals surface area contributed by atoms with Crippen molar-refractivity contribution in [2.24, 2.45) is 0 Å². The minimum Gasteiger partial charge on any atom is -0.496 e. The molecule has 1 amide bonds. The SMILES string of the molecule is COc1cc(CC(=O)Nc2cccnc2N2CCSCC2)ccc1C. The average molecular weight is 357 g/mol. The summed E-state index contributed by atoms with van der Waals surface area (Å²) in [6, 6.07) is 9.62. The molecule has 1 saturated heterocycles. The van der Waals surface area contributed by atoms with E-state index in [0.29, 0.717) is 6.42 Å². The Hall–Kier alpha value is -2.21. The van der Waals surface area contributed by atoms with Crippen molar-refractivity contribution in [2.75, 3.05) is 41.9 Å². The number of amides is 1. The van der Waals surface area contributed by atoms with E-state index in [1.807, 2.05) is 49.0 Å². The van der Waals surface area contributed by atoms with Crippen molar-refractivity contribution >= 4 is 29.2 Å². The van der Waals surface area contributed by atoms with Crippen LogP contribution >= 0.6 is 11.8 Å². The van der Waals surface area contributed by atoms with Crippen LogP contribution in [0.1, 0.15) is 11.1 Å². The zero-order valence-corrected chi connectivity index (χ0v) is 15.4. The minimum atomic E-state index is -0.0495. The summed E-state index contributed by atoms with van der Waals surface area (Å²) < 4.78 is 5.33. The summed E-state index contributed by atoms with van der Waals surface area (Å²) in [6.07, 6.45) is 2.08. The second-order valence-corrected chi connectivity index (χ2v) is 7.23. The number of pyridine rings is 1. The molecule has 1 aliphatic rings. The van der Waals surface area contributed by atoms with Gasteiger partial charge in [0, 0.05) is 30.8 Å². The molecule has 5 nitrogen and oxygen atoms in total. The Labute approximate surface area is 152 Å². The average Bonchev–Trinajstić information content (AvgIpc) is 2.64. The van der Waals surface area contributed by atoms with Crippen LogP contribution in [0.15, 0.2) is 36.5 Å². The fraction of sp³-hybridized carbons (Fsp3) is 0.368. The number of benzene rings is 1. The van der Waals surface area contributed by atoms with Gasteiger partial charge in [-0.1, -0.05) is 12.1 Å². The standard InChI is InChI=1S/C19H23N3O2S/c1-14-5-6-15(12-17(14)24-2)13-18(23)21-16-4-3-7-20-19(16)22-8-10-25-11-9-22/h3-7,12H,8-11,13H2,1-2H3,(H,21,23). The first kappa shape index (κ1) is 17.6. The maximum absolute atomic E-state index is 12.5. The van der Waals surface area contributed by atoms with Crippen molar-refractivity contribution in [2.45, 2.75) is 13.3 Å². The topological polar surface area (TPSA) is 54.5 Å². The van der Waals surface area contributed by atoms with Crippen molar-refractivity contribution < 1.29 is 9.53 Å². The molecule has 0 atom stereocenters. The zero-order valence-electron chi connectivity index (χ0n) is 14.6. The number of methoxy groups -OCH3 is 1. The van der Waals surface area contributed by atoms with Gasteiger partial charge in [0.25, 0.3) is 0 Å². The van der Waals surface area contributed by atoms with Gasteiger partial charge in [-0.2, -0.15) is 11.8 Å². The van der Waals surface area contributed by atoms with Gasteiger partial charge in [0.2, 0.25) is 5.91 Å². The molecular weight excluding hydrogens is 334 g/mol. The monoisotopic (exact) mass is 357 g/mol. The minimum absolute atomic E-state index is 0.0495. The van der Waals surface area contributed by atoms with Gasteiger partial charge in [-0.25, -0.2) is 4.98 Å². The second-order valence-electron chi connectivity index (χ2n) is 6.00. The summed E-state index contributed by atoms with van der Waals surface area (Å²) in [6.45, 7) is 3.90. The molecule has 1 fully saturated rings. The fourth-order valence-electron chi connectivity index (χ4n) is 2.88. The van der Waals surface area contributed by atoms with E-state index in [9.17, 15) is 4.79 Å². The van der Waals surface area contributed by atoms with Gasteiger partial charge >= 0.3 is 0 Å². The quantitative estimate of drug-likeness (QED) is 0.891.